The summed E-state index contributed by atoms with van der Waals surface area (Å²) in [6.45, 7) is 0.691. The summed E-state index contributed by atoms with van der Waals surface area (Å²) in [4.78, 5) is 17.9. The van der Waals surface area contributed by atoms with Crippen LogP contribution in [0.4, 0.5) is 11.4 Å². The molecule has 0 bridgehead atoms. The van der Waals surface area contributed by atoms with Crippen LogP contribution >= 0.6 is 0 Å². The number of fused-ring (bicyclic) bond motifs is 1. The van der Waals surface area contributed by atoms with Gasteiger partial charge in [-0.15, -0.1) is 0 Å². The summed E-state index contributed by atoms with van der Waals surface area (Å²) in [5, 5.41) is 6.30. The number of aryl methyl sites for hydroxylation is 1. The second-order valence-corrected chi connectivity index (χ2v) is 4.28. The van der Waals surface area contributed by atoms with Crippen LogP contribution in [0, 0.1) is 0 Å². The minimum absolute atomic E-state index is 0.154. The Morgan fingerprint density at radius 1 is 1.44 bits per heavy atom. The summed E-state index contributed by atoms with van der Waals surface area (Å²) in [7, 11) is 0. The number of amides is 1. The summed E-state index contributed by atoms with van der Waals surface area (Å²) in [5.41, 5.74) is 8.51. The van der Waals surface area contributed by atoms with E-state index in [1.165, 1.54) is 6.33 Å². The average molecular weight is 243 g/mol. The van der Waals surface area contributed by atoms with Gasteiger partial charge in [0, 0.05) is 17.9 Å². The number of hydrogen-bond acceptors (Lipinski definition) is 4. The molecule has 3 N–H and O–H groups in total. The molecule has 0 unspecified atom stereocenters. The van der Waals surface area contributed by atoms with Gasteiger partial charge in [0.1, 0.15) is 6.33 Å². The fourth-order valence-corrected chi connectivity index (χ4v) is 2.26. The third kappa shape index (κ3) is 1.71. The average Bonchev–Trinajstić information content (AvgIpc) is 2.90. The van der Waals surface area contributed by atoms with Gasteiger partial charge in [-0.1, -0.05) is 0 Å². The molecule has 18 heavy (non-hydrogen) atoms. The van der Waals surface area contributed by atoms with Crippen LogP contribution in [0.5, 0.6) is 0 Å². The lowest BCUT2D eigenvalue weighted by atomic mass is 10.0. The van der Waals surface area contributed by atoms with E-state index in [4.69, 9.17) is 5.73 Å². The largest absolute Gasteiger partial charge is 0.399 e. The van der Waals surface area contributed by atoms with E-state index in [0.29, 0.717) is 6.54 Å². The molecule has 0 radical (unpaired) electrons. The van der Waals surface area contributed by atoms with Crippen molar-refractivity contribution in [2.24, 2.45) is 0 Å². The van der Waals surface area contributed by atoms with Crippen LogP contribution in [-0.2, 0) is 6.42 Å². The zero-order chi connectivity index (χ0) is 12.5. The zero-order valence-corrected chi connectivity index (χ0v) is 9.76. The molecule has 0 fully saturated rings. The lowest BCUT2D eigenvalue weighted by Crippen LogP contribution is -2.36. The lowest BCUT2D eigenvalue weighted by molar-refractivity contribution is 0.0975. The molecule has 6 heteroatoms. The minimum atomic E-state index is -0.154. The van der Waals surface area contributed by atoms with Crippen molar-refractivity contribution < 1.29 is 4.79 Å². The molecule has 0 spiro atoms. The highest BCUT2D eigenvalue weighted by Gasteiger charge is 2.25. The Morgan fingerprint density at radius 3 is 3.11 bits per heavy atom. The molecule has 92 valence electrons. The summed E-state index contributed by atoms with van der Waals surface area (Å²) in [6, 6.07) is 5.62. The maximum Gasteiger partial charge on any atom is 0.295 e. The topological polar surface area (TPSA) is 87.9 Å². The van der Waals surface area contributed by atoms with Crippen molar-refractivity contribution in [1.82, 2.24) is 15.2 Å². The smallest absolute Gasteiger partial charge is 0.295 e. The Bertz CT molecular complexity index is 578. The summed E-state index contributed by atoms with van der Waals surface area (Å²) in [5.74, 6) is 0.109. The van der Waals surface area contributed by atoms with Crippen LogP contribution in [0.2, 0.25) is 0 Å². The monoisotopic (exact) mass is 243 g/mol. The molecule has 0 saturated heterocycles. The number of carbonyl (C=O) groups excluding carboxylic acids is 1. The number of H-pyrrole nitrogens is 1. The number of benzene rings is 1. The second kappa shape index (κ2) is 4.14. The van der Waals surface area contributed by atoms with Crippen molar-refractivity contribution in [2.45, 2.75) is 12.8 Å². The van der Waals surface area contributed by atoms with Crippen LogP contribution in [0.1, 0.15) is 22.6 Å². The van der Waals surface area contributed by atoms with Gasteiger partial charge in [0.05, 0.1) is 0 Å². The van der Waals surface area contributed by atoms with E-state index in [2.05, 4.69) is 15.2 Å². The highest BCUT2D eigenvalue weighted by atomic mass is 16.2. The molecule has 1 aliphatic heterocycles. The zero-order valence-electron chi connectivity index (χ0n) is 9.76. The predicted octanol–water partition coefficient (Wildman–Crippen LogP) is 0.980. The molecule has 0 atom stereocenters. The molecule has 6 nitrogen and oxygen atoms in total. The first kappa shape index (κ1) is 10.8. The van der Waals surface area contributed by atoms with Crippen LogP contribution in [0.15, 0.2) is 24.5 Å². The minimum Gasteiger partial charge on any atom is -0.399 e. The molecule has 1 aromatic carbocycles. The van der Waals surface area contributed by atoms with Gasteiger partial charge in [0.15, 0.2) is 0 Å². The third-order valence-electron chi connectivity index (χ3n) is 3.08. The van der Waals surface area contributed by atoms with E-state index in [1.54, 1.807) is 4.90 Å². The van der Waals surface area contributed by atoms with Gasteiger partial charge in [-0.2, -0.15) is 5.10 Å². The van der Waals surface area contributed by atoms with Gasteiger partial charge in [-0.3, -0.25) is 9.89 Å². The van der Waals surface area contributed by atoms with E-state index in [9.17, 15) is 4.79 Å². The standard InChI is InChI=1S/C12H13N5O/c13-9-3-4-10-8(6-9)2-1-5-17(10)12(18)11-14-7-15-16-11/h3-4,6-7H,1-2,5,13H2,(H,14,15,16). The molecule has 0 aliphatic carbocycles. The first-order valence-corrected chi connectivity index (χ1v) is 5.81. The highest BCUT2D eigenvalue weighted by Crippen LogP contribution is 2.29. The highest BCUT2D eigenvalue weighted by molar-refractivity contribution is 6.04. The van der Waals surface area contributed by atoms with E-state index < -0.39 is 0 Å². The number of anilines is 2. The van der Waals surface area contributed by atoms with Crippen molar-refractivity contribution in [3.63, 3.8) is 0 Å². The summed E-state index contributed by atoms with van der Waals surface area (Å²) >= 11 is 0. The van der Waals surface area contributed by atoms with Crippen molar-refractivity contribution in [3.05, 3.63) is 35.9 Å². The normalized spacial score (nSPS) is 14.3. The van der Waals surface area contributed by atoms with E-state index in [-0.39, 0.29) is 11.7 Å². The van der Waals surface area contributed by atoms with Gasteiger partial charge in [-0.05, 0) is 36.6 Å². The SMILES string of the molecule is Nc1ccc2c(c1)CCCN2C(=O)c1ncn[nH]1. The Hall–Kier alpha value is -2.37. The number of carbonyl (C=O) groups is 1. The van der Waals surface area contributed by atoms with Crippen molar-refractivity contribution in [2.75, 3.05) is 17.2 Å². The molecule has 2 aromatic rings. The maximum absolute atomic E-state index is 12.3. The molecular formula is C12H13N5O. The first-order valence-electron chi connectivity index (χ1n) is 5.81. The van der Waals surface area contributed by atoms with Crippen LogP contribution in [0.3, 0.4) is 0 Å². The molecule has 3 rings (SSSR count). The molecule has 1 amide bonds. The lowest BCUT2D eigenvalue weighted by Gasteiger charge is -2.28. The second-order valence-electron chi connectivity index (χ2n) is 4.28. The molecular weight excluding hydrogens is 230 g/mol. The van der Waals surface area contributed by atoms with Crippen LogP contribution < -0.4 is 10.6 Å². The number of hydrogen-bond donors (Lipinski definition) is 2. The number of aromatic nitrogens is 3. The van der Waals surface area contributed by atoms with Gasteiger partial charge < -0.3 is 10.6 Å². The molecule has 0 saturated carbocycles. The number of nitrogens with one attached hydrogen (secondary N) is 1. The van der Waals surface area contributed by atoms with Crippen molar-refractivity contribution >= 4 is 17.3 Å². The fourth-order valence-electron chi connectivity index (χ4n) is 2.26. The summed E-state index contributed by atoms with van der Waals surface area (Å²) in [6.07, 6.45) is 3.21. The van der Waals surface area contributed by atoms with Crippen molar-refractivity contribution in [3.8, 4) is 0 Å². The third-order valence-corrected chi connectivity index (χ3v) is 3.08. The number of nitrogen functional groups attached to an aromatic ring is 1. The Morgan fingerprint density at radius 2 is 2.33 bits per heavy atom. The quantitative estimate of drug-likeness (QED) is 0.731. The molecule has 2 heterocycles. The predicted molar refractivity (Wildman–Crippen MR) is 67.2 cm³/mol. The number of aromatic amines is 1. The Labute approximate surface area is 104 Å². The van der Waals surface area contributed by atoms with Gasteiger partial charge in [-0.25, -0.2) is 4.98 Å². The number of rotatable bonds is 1. The van der Waals surface area contributed by atoms with Gasteiger partial charge >= 0.3 is 0 Å². The fraction of sp³-hybridized carbons (Fsp3) is 0.250. The number of nitrogens with two attached hydrogens (primary N) is 1. The molecule has 1 aromatic heterocycles. The van der Waals surface area contributed by atoms with E-state index >= 15 is 0 Å². The van der Waals surface area contributed by atoms with E-state index in [1.807, 2.05) is 18.2 Å². The van der Waals surface area contributed by atoms with Crippen molar-refractivity contribution in [1.29, 1.82) is 0 Å². The van der Waals surface area contributed by atoms with Crippen LogP contribution in [-0.4, -0.2) is 27.6 Å². The van der Waals surface area contributed by atoms with Crippen LogP contribution in [0.25, 0.3) is 0 Å². The maximum atomic E-state index is 12.3. The van der Waals surface area contributed by atoms with Gasteiger partial charge in [0.25, 0.3) is 5.91 Å². The Kier molecular flexibility index (Phi) is 2.47. The summed E-state index contributed by atoms with van der Waals surface area (Å²) < 4.78 is 0. The van der Waals surface area contributed by atoms with Gasteiger partial charge in [0.2, 0.25) is 5.82 Å². The first-order chi connectivity index (χ1) is 8.75. The Balaban J connectivity index is 1.99. The number of nitrogens with zero attached hydrogens (tertiary/aromatic N) is 3. The molecule has 1 aliphatic rings. The van der Waals surface area contributed by atoms with E-state index in [0.717, 1.165) is 29.8 Å².